The second kappa shape index (κ2) is 12.3. The van der Waals surface area contributed by atoms with Crippen LogP contribution in [-0.2, 0) is 4.79 Å². The molecule has 0 atom stereocenters. The summed E-state index contributed by atoms with van der Waals surface area (Å²) in [6, 6.07) is 35.8. The normalized spacial score (nSPS) is 14.0. The average molecular weight is 571 g/mol. The highest BCUT2D eigenvalue weighted by Gasteiger charge is 2.31. The van der Waals surface area contributed by atoms with Gasteiger partial charge in [-0.1, -0.05) is 66.2 Å². The third-order valence-corrected chi connectivity index (χ3v) is 7.86. The zero-order valence-corrected chi connectivity index (χ0v) is 24.3. The van der Waals surface area contributed by atoms with Crippen molar-refractivity contribution >= 4 is 35.1 Å². The summed E-state index contributed by atoms with van der Waals surface area (Å²) in [5, 5.41) is 11.3. The molecule has 1 aliphatic rings. The summed E-state index contributed by atoms with van der Waals surface area (Å²) < 4.78 is 7.63. The molecule has 0 bridgehead atoms. The van der Waals surface area contributed by atoms with Crippen LogP contribution in [0.2, 0.25) is 0 Å². The van der Waals surface area contributed by atoms with Crippen LogP contribution >= 0.6 is 11.8 Å². The Morgan fingerprint density at radius 1 is 0.857 bits per heavy atom. The van der Waals surface area contributed by atoms with Crippen molar-refractivity contribution in [3.05, 3.63) is 132 Å². The van der Waals surface area contributed by atoms with Gasteiger partial charge in [0.15, 0.2) is 0 Å². The van der Waals surface area contributed by atoms with E-state index in [-0.39, 0.29) is 5.91 Å². The number of rotatable bonds is 9. The molecule has 0 saturated heterocycles. The first-order valence-electron chi connectivity index (χ1n) is 13.9. The van der Waals surface area contributed by atoms with Crippen LogP contribution in [-0.4, -0.2) is 33.8 Å². The molecule has 7 heteroatoms. The minimum absolute atomic E-state index is 0.165. The van der Waals surface area contributed by atoms with Gasteiger partial charge in [0.05, 0.1) is 29.3 Å². The van der Waals surface area contributed by atoms with E-state index in [4.69, 9.17) is 14.9 Å². The molecule has 0 N–H and O–H groups in total. The monoisotopic (exact) mass is 570 g/mol. The number of para-hydroxylation sites is 2. The minimum Gasteiger partial charge on any atom is -0.494 e. The van der Waals surface area contributed by atoms with E-state index in [1.165, 1.54) is 10.6 Å². The van der Waals surface area contributed by atoms with Crippen molar-refractivity contribution in [3.8, 4) is 22.7 Å². The summed E-state index contributed by atoms with van der Waals surface area (Å²) >= 11 is 1.66. The molecule has 1 aliphatic heterocycles. The average Bonchev–Trinajstić information content (AvgIpc) is 3.59. The largest absolute Gasteiger partial charge is 0.494 e. The maximum Gasteiger partial charge on any atom is 0.280 e. The number of nitrogens with zero attached hydrogens (tertiary/aromatic N) is 4. The van der Waals surface area contributed by atoms with Gasteiger partial charge in [0.2, 0.25) is 0 Å². The maximum atomic E-state index is 13.9. The van der Waals surface area contributed by atoms with Gasteiger partial charge in [0.25, 0.3) is 5.91 Å². The van der Waals surface area contributed by atoms with E-state index in [2.05, 4.69) is 31.2 Å². The molecule has 42 heavy (non-hydrogen) atoms. The third-order valence-electron chi connectivity index (χ3n) is 6.83. The number of hydrogen-bond donors (Lipinski definition) is 0. The SMILES string of the molecule is CCOc1cccc(-c2nn(-c3ccccc3)cc2C=C2C(=O)N(c3ccccc3)N=C2CSc2ccc(C)cc2)c1. The van der Waals surface area contributed by atoms with E-state index in [1.807, 2.05) is 109 Å². The van der Waals surface area contributed by atoms with Gasteiger partial charge in [-0.3, -0.25) is 4.79 Å². The van der Waals surface area contributed by atoms with E-state index in [1.54, 1.807) is 11.8 Å². The molecule has 5 aromatic rings. The number of amides is 1. The van der Waals surface area contributed by atoms with Gasteiger partial charge < -0.3 is 4.74 Å². The highest BCUT2D eigenvalue weighted by molar-refractivity contribution is 8.00. The van der Waals surface area contributed by atoms with E-state index < -0.39 is 0 Å². The predicted molar refractivity (Wildman–Crippen MR) is 171 cm³/mol. The molecule has 0 aliphatic carbocycles. The number of carbonyl (C=O) groups excluding carboxylic acids is 1. The summed E-state index contributed by atoms with van der Waals surface area (Å²) in [5.74, 6) is 1.15. The molecule has 6 nitrogen and oxygen atoms in total. The second-order valence-electron chi connectivity index (χ2n) is 9.83. The number of thioether (sulfide) groups is 1. The maximum absolute atomic E-state index is 13.9. The van der Waals surface area contributed by atoms with Gasteiger partial charge >= 0.3 is 0 Å². The van der Waals surface area contributed by atoms with Crippen molar-refractivity contribution in [2.45, 2.75) is 18.7 Å². The number of aromatic nitrogens is 2. The Morgan fingerprint density at radius 3 is 2.29 bits per heavy atom. The van der Waals surface area contributed by atoms with Gasteiger partial charge in [-0.2, -0.15) is 15.2 Å². The predicted octanol–water partition coefficient (Wildman–Crippen LogP) is 7.82. The zero-order valence-electron chi connectivity index (χ0n) is 23.5. The van der Waals surface area contributed by atoms with E-state index in [0.717, 1.165) is 44.6 Å². The smallest absolute Gasteiger partial charge is 0.280 e. The molecule has 0 unspecified atom stereocenters. The van der Waals surface area contributed by atoms with Crippen LogP contribution in [0.15, 0.2) is 131 Å². The first kappa shape index (κ1) is 27.3. The molecule has 2 heterocycles. The van der Waals surface area contributed by atoms with Gasteiger partial charge in [0.1, 0.15) is 11.4 Å². The lowest BCUT2D eigenvalue weighted by atomic mass is 10.0. The number of hydrogen-bond acceptors (Lipinski definition) is 5. The fraction of sp³-hybridized carbons (Fsp3) is 0.114. The Kier molecular flexibility index (Phi) is 8.01. The van der Waals surface area contributed by atoms with Crippen LogP contribution in [0.1, 0.15) is 18.1 Å². The van der Waals surface area contributed by atoms with Crippen LogP contribution in [0.5, 0.6) is 5.75 Å². The van der Waals surface area contributed by atoms with Crippen molar-refractivity contribution in [1.82, 2.24) is 9.78 Å². The number of hydrazone groups is 1. The van der Waals surface area contributed by atoms with E-state index in [9.17, 15) is 4.79 Å². The Hall–Kier alpha value is -4.88. The van der Waals surface area contributed by atoms with Crippen LogP contribution < -0.4 is 9.75 Å². The summed E-state index contributed by atoms with van der Waals surface area (Å²) in [6.07, 6.45) is 3.89. The molecular weight excluding hydrogens is 540 g/mol. The van der Waals surface area contributed by atoms with Gasteiger partial charge in [-0.05, 0) is 68.5 Å². The quantitative estimate of drug-likeness (QED) is 0.134. The number of ether oxygens (including phenoxy) is 1. The van der Waals surface area contributed by atoms with Crippen molar-refractivity contribution in [2.75, 3.05) is 17.4 Å². The Bertz CT molecular complexity index is 1760. The lowest BCUT2D eigenvalue weighted by Gasteiger charge is -2.11. The number of carbonyl (C=O) groups is 1. The zero-order chi connectivity index (χ0) is 28.9. The van der Waals surface area contributed by atoms with Crippen LogP contribution in [0.4, 0.5) is 5.69 Å². The third kappa shape index (κ3) is 5.92. The molecule has 1 amide bonds. The molecular formula is C35H30N4O2S. The highest BCUT2D eigenvalue weighted by Crippen LogP contribution is 2.32. The van der Waals surface area contributed by atoms with Crippen molar-refractivity contribution in [2.24, 2.45) is 5.10 Å². The molecule has 0 saturated carbocycles. The second-order valence-corrected chi connectivity index (χ2v) is 10.9. The van der Waals surface area contributed by atoms with Crippen molar-refractivity contribution in [3.63, 3.8) is 0 Å². The van der Waals surface area contributed by atoms with Crippen LogP contribution in [0.3, 0.4) is 0 Å². The molecule has 208 valence electrons. The van der Waals surface area contributed by atoms with Gasteiger partial charge in [-0.25, -0.2) is 4.68 Å². The first-order valence-corrected chi connectivity index (χ1v) is 14.8. The standard InChI is InChI=1S/C35H30N4O2S/c1-3-41-30-16-10-11-26(21-30)34-27(23-38(37-34)28-12-6-4-7-13-28)22-32-33(24-42-31-19-17-25(2)18-20-31)36-39(35(32)40)29-14-8-5-9-15-29/h4-23H,3,24H2,1-2H3. The lowest BCUT2D eigenvalue weighted by Crippen LogP contribution is -2.21. The highest BCUT2D eigenvalue weighted by atomic mass is 32.2. The molecule has 6 rings (SSSR count). The number of benzene rings is 4. The summed E-state index contributed by atoms with van der Waals surface area (Å²) in [4.78, 5) is 15.1. The molecule has 4 aromatic carbocycles. The first-order chi connectivity index (χ1) is 20.6. The van der Waals surface area contributed by atoms with Crippen LogP contribution in [0.25, 0.3) is 23.0 Å². The fourth-order valence-electron chi connectivity index (χ4n) is 4.73. The number of anilines is 1. The van der Waals surface area contributed by atoms with Crippen LogP contribution in [0, 0.1) is 6.92 Å². The van der Waals surface area contributed by atoms with Crippen molar-refractivity contribution in [1.29, 1.82) is 0 Å². The lowest BCUT2D eigenvalue weighted by molar-refractivity contribution is -0.114. The Labute approximate surface area is 250 Å². The van der Waals surface area contributed by atoms with Gasteiger partial charge in [0, 0.05) is 28.0 Å². The Morgan fingerprint density at radius 2 is 1.57 bits per heavy atom. The molecule has 0 spiro atoms. The number of aryl methyl sites for hydroxylation is 1. The van der Waals surface area contributed by atoms with E-state index in [0.29, 0.717) is 17.9 Å². The van der Waals surface area contributed by atoms with E-state index >= 15 is 0 Å². The Balaban J connectivity index is 1.44. The summed E-state index contributed by atoms with van der Waals surface area (Å²) in [5.41, 5.74) is 6.61. The minimum atomic E-state index is -0.165. The van der Waals surface area contributed by atoms with Crippen molar-refractivity contribution < 1.29 is 9.53 Å². The molecule has 0 radical (unpaired) electrons. The summed E-state index contributed by atoms with van der Waals surface area (Å²) in [6.45, 7) is 4.61. The topological polar surface area (TPSA) is 59.7 Å². The molecule has 0 fully saturated rings. The van der Waals surface area contributed by atoms with Gasteiger partial charge in [-0.15, -0.1) is 11.8 Å². The summed E-state index contributed by atoms with van der Waals surface area (Å²) in [7, 11) is 0. The molecule has 1 aromatic heterocycles. The fourth-order valence-corrected chi connectivity index (χ4v) is 5.57.